The van der Waals surface area contributed by atoms with Crippen LogP contribution in [0.15, 0.2) is 12.3 Å². The van der Waals surface area contributed by atoms with Gasteiger partial charge in [0.15, 0.2) is 0 Å². The van der Waals surface area contributed by atoms with Crippen LogP contribution in [-0.4, -0.2) is 28.5 Å². The highest BCUT2D eigenvalue weighted by Crippen LogP contribution is 2.27. The van der Waals surface area contributed by atoms with Crippen molar-refractivity contribution >= 4 is 11.6 Å². The number of nitrogens with zero attached hydrogens (tertiary/aromatic N) is 2. The Kier molecular flexibility index (Phi) is 3.94. The molecule has 1 saturated carbocycles. The van der Waals surface area contributed by atoms with E-state index in [2.05, 4.69) is 0 Å². The zero-order chi connectivity index (χ0) is 13.1. The van der Waals surface area contributed by atoms with Crippen LogP contribution in [0.1, 0.15) is 43.6 Å². The molecule has 1 heterocycles. The van der Waals surface area contributed by atoms with Crippen molar-refractivity contribution in [3.05, 3.63) is 18.0 Å². The molecule has 100 valence electrons. The first-order valence-electron chi connectivity index (χ1n) is 6.90. The number of rotatable bonds is 5. The summed E-state index contributed by atoms with van der Waals surface area (Å²) in [5.41, 5.74) is 7.17. The molecular formula is C14H23N3O. The SMILES string of the molecule is CCN(CC1CCC1)C(=O)c1cc(N)cn1CC. The van der Waals surface area contributed by atoms with Gasteiger partial charge in [0.05, 0.1) is 5.69 Å². The first-order valence-corrected chi connectivity index (χ1v) is 6.90. The summed E-state index contributed by atoms with van der Waals surface area (Å²) in [6.07, 6.45) is 5.68. The normalized spacial score (nSPS) is 15.4. The van der Waals surface area contributed by atoms with Crippen molar-refractivity contribution in [3.8, 4) is 0 Å². The summed E-state index contributed by atoms with van der Waals surface area (Å²) in [5.74, 6) is 0.819. The van der Waals surface area contributed by atoms with Gasteiger partial charge in [-0.25, -0.2) is 0 Å². The second-order valence-corrected chi connectivity index (χ2v) is 5.09. The molecular weight excluding hydrogens is 226 g/mol. The van der Waals surface area contributed by atoms with Gasteiger partial charge in [-0.3, -0.25) is 4.79 Å². The van der Waals surface area contributed by atoms with E-state index >= 15 is 0 Å². The molecule has 4 heteroatoms. The van der Waals surface area contributed by atoms with E-state index in [-0.39, 0.29) is 5.91 Å². The van der Waals surface area contributed by atoms with Gasteiger partial charge in [-0.1, -0.05) is 6.42 Å². The van der Waals surface area contributed by atoms with E-state index in [1.807, 2.05) is 29.5 Å². The molecule has 0 aliphatic heterocycles. The van der Waals surface area contributed by atoms with Gasteiger partial charge in [-0.05, 0) is 38.7 Å². The van der Waals surface area contributed by atoms with Crippen LogP contribution < -0.4 is 5.73 Å². The van der Waals surface area contributed by atoms with Crippen LogP contribution in [0.3, 0.4) is 0 Å². The summed E-state index contributed by atoms with van der Waals surface area (Å²) in [6.45, 7) is 6.51. The number of aromatic nitrogens is 1. The van der Waals surface area contributed by atoms with Gasteiger partial charge in [0.25, 0.3) is 5.91 Å². The molecule has 1 aliphatic carbocycles. The highest BCUT2D eigenvalue weighted by molar-refractivity contribution is 5.93. The first-order chi connectivity index (χ1) is 8.65. The average Bonchev–Trinajstić information content (AvgIpc) is 2.68. The number of amides is 1. The van der Waals surface area contributed by atoms with Crippen LogP contribution in [0, 0.1) is 5.92 Å². The van der Waals surface area contributed by atoms with E-state index in [1.165, 1.54) is 19.3 Å². The van der Waals surface area contributed by atoms with E-state index in [9.17, 15) is 4.79 Å². The summed E-state index contributed by atoms with van der Waals surface area (Å²) in [5, 5.41) is 0. The number of anilines is 1. The lowest BCUT2D eigenvalue weighted by Crippen LogP contribution is -2.38. The summed E-state index contributed by atoms with van der Waals surface area (Å²) in [7, 11) is 0. The van der Waals surface area contributed by atoms with Crippen LogP contribution in [-0.2, 0) is 6.54 Å². The quantitative estimate of drug-likeness (QED) is 0.871. The summed E-state index contributed by atoms with van der Waals surface area (Å²) < 4.78 is 1.93. The lowest BCUT2D eigenvalue weighted by atomic mass is 9.85. The van der Waals surface area contributed by atoms with Gasteiger partial charge in [0.1, 0.15) is 5.69 Å². The Morgan fingerprint density at radius 1 is 1.50 bits per heavy atom. The topological polar surface area (TPSA) is 51.3 Å². The highest BCUT2D eigenvalue weighted by atomic mass is 16.2. The van der Waals surface area contributed by atoms with Crippen molar-refractivity contribution in [1.29, 1.82) is 0 Å². The third kappa shape index (κ3) is 2.52. The Labute approximate surface area is 109 Å². The maximum absolute atomic E-state index is 12.5. The number of nitrogen functional groups attached to an aromatic ring is 1. The summed E-state index contributed by atoms with van der Waals surface area (Å²) >= 11 is 0. The van der Waals surface area contributed by atoms with Gasteiger partial charge >= 0.3 is 0 Å². The second kappa shape index (κ2) is 5.46. The Hall–Kier alpha value is -1.45. The Balaban J connectivity index is 2.11. The standard InChI is InChI=1S/C14H23N3O/c1-3-16-10-12(15)8-13(16)14(18)17(4-2)9-11-6-5-7-11/h8,10-11H,3-7,9,15H2,1-2H3. The predicted octanol–water partition coefficient (Wildman–Crippen LogP) is 2.35. The van der Waals surface area contributed by atoms with Crippen molar-refractivity contribution in [2.24, 2.45) is 5.92 Å². The van der Waals surface area contributed by atoms with E-state index < -0.39 is 0 Å². The number of nitrogens with two attached hydrogens (primary N) is 1. The maximum atomic E-state index is 12.5. The molecule has 2 rings (SSSR count). The lowest BCUT2D eigenvalue weighted by Gasteiger charge is -2.31. The smallest absolute Gasteiger partial charge is 0.270 e. The monoisotopic (exact) mass is 249 g/mol. The molecule has 1 fully saturated rings. The molecule has 1 aromatic rings. The molecule has 18 heavy (non-hydrogen) atoms. The van der Waals surface area contributed by atoms with Gasteiger partial charge in [0, 0.05) is 25.8 Å². The van der Waals surface area contributed by atoms with Gasteiger partial charge in [-0.15, -0.1) is 0 Å². The van der Waals surface area contributed by atoms with Gasteiger partial charge in [0.2, 0.25) is 0 Å². The summed E-state index contributed by atoms with van der Waals surface area (Å²) in [6, 6.07) is 1.79. The molecule has 0 atom stereocenters. The molecule has 0 saturated heterocycles. The fourth-order valence-electron chi connectivity index (χ4n) is 2.48. The maximum Gasteiger partial charge on any atom is 0.270 e. The van der Waals surface area contributed by atoms with Gasteiger partial charge < -0.3 is 15.2 Å². The van der Waals surface area contributed by atoms with Gasteiger partial charge in [-0.2, -0.15) is 0 Å². The zero-order valence-corrected chi connectivity index (χ0v) is 11.4. The largest absolute Gasteiger partial charge is 0.397 e. The van der Waals surface area contributed by atoms with Crippen LogP contribution >= 0.6 is 0 Å². The van der Waals surface area contributed by atoms with E-state index in [0.717, 1.165) is 25.3 Å². The van der Waals surface area contributed by atoms with E-state index in [1.54, 1.807) is 6.07 Å². The minimum absolute atomic E-state index is 0.114. The van der Waals surface area contributed by atoms with Crippen LogP contribution in [0.2, 0.25) is 0 Å². The molecule has 2 N–H and O–H groups in total. The number of hydrogen-bond acceptors (Lipinski definition) is 2. The molecule has 4 nitrogen and oxygen atoms in total. The van der Waals surface area contributed by atoms with E-state index in [0.29, 0.717) is 11.6 Å². The van der Waals surface area contributed by atoms with Crippen molar-refractivity contribution in [2.45, 2.75) is 39.7 Å². The minimum atomic E-state index is 0.114. The Morgan fingerprint density at radius 3 is 2.72 bits per heavy atom. The molecule has 0 unspecified atom stereocenters. The molecule has 0 bridgehead atoms. The van der Waals surface area contributed by atoms with Crippen LogP contribution in [0.4, 0.5) is 5.69 Å². The van der Waals surface area contributed by atoms with Crippen LogP contribution in [0.5, 0.6) is 0 Å². The van der Waals surface area contributed by atoms with Crippen molar-refractivity contribution in [3.63, 3.8) is 0 Å². The zero-order valence-electron chi connectivity index (χ0n) is 11.4. The molecule has 0 spiro atoms. The molecule has 1 aliphatic rings. The number of hydrogen-bond donors (Lipinski definition) is 1. The van der Waals surface area contributed by atoms with E-state index in [4.69, 9.17) is 5.73 Å². The van der Waals surface area contributed by atoms with Crippen molar-refractivity contribution in [2.75, 3.05) is 18.8 Å². The Bertz CT molecular complexity index is 421. The van der Waals surface area contributed by atoms with Crippen molar-refractivity contribution < 1.29 is 4.79 Å². The third-order valence-corrected chi connectivity index (χ3v) is 3.85. The fourth-order valence-corrected chi connectivity index (χ4v) is 2.48. The minimum Gasteiger partial charge on any atom is -0.397 e. The van der Waals surface area contributed by atoms with Crippen molar-refractivity contribution in [1.82, 2.24) is 9.47 Å². The number of carbonyl (C=O) groups excluding carboxylic acids is 1. The predicted molar refractivity (Wildman–Crippen MR) is 73.4 cm³/mol. The second-order valence-electron chi connectivity index (χ2n) is 5.09. The molecule has 0 radical (unpaired) electrons. The number of aryl methyl sites for hydroxylation is 1. The number of carbonyl (C=O) groups is 1. The highest BCUT2D eigenvalue weighted by Gasteiger charge is 2.24. The third-order valence-electron chi connectivity index (χ3n) is 3.85. The fraction of sp³-hybridized carbons (Fsp3) is 0.643. The lowest BCUT2D eigenvalue weighted by molar-refractivity contribution is 0.0696. The molecule has 1 aromatic heterocycles. The first kappa shape index (κ1) is 13.0. The average molecular weight is 249 g/mol. The van der Waals surface area contributed by atoms with Crippen LogP contribution in [0.25, 0.3) is 0 Å². The summed E-state index contributed by atoms with van der Waals surface area (Å²) in [4.78, 5) is 14.4. The Morgan fingerprint density at radius 2 is 2.22 bits per heavy atom. The molecule has 1 amide bonds. The molecule has 0 aromatic carbocycles.